The lowest BCUT2D eigenvalue weighted by Crippen LogP contribution is -2.12. The molecule has 0 aliphatic heterocycles. The molecule has 0 fully saturated rings. The van der Waals surface area contributed by atoms with Crippen molar-refractivity contribution in [3.63, 3.8) is 0 Å². The van der Waals surface area contributed by atoms with Crippen LogP contribution in [0.5, 0.6) is 5.75 Å². The third-order valence-electron chi connectivity index (χ3n) is 5.10. The molecule has 0 bridgehead atoms. The van der Waals surface area contributed by atoms with Crippen molar-refractivity contribution < 1.29 is 13.5 Å². The zero-order valence-electron chi connectivity index (χ0n) is 16.2. The number of aromatic hydroxyl groups is 1. The largest absolute Gasteiger partial charge is 0.508 e. The van der Waals surface area contributed by atoms with Crippen LogP contribution >= 0.6 is 11.3 Å². The second-order valence-electron chi connectivity index (χ2n) is 7.26. The molecule has 156 valence electrons. The van der Waals surface area contributed by atoms with Gasteiger partial charge in [0.1, 0.15) is 5.75 Å². The van der Waals surface area contributed by atoms with Gasteiger partial charge in [-0.3, -0.25) is 0 Å². The smallest absolute Gasteiger partial charge is 0.238 e. The van der Waals surface area contributed by atoms with E-state index in [9.17, 15) is 13.5 Å². The number of nitrogens with two attached hydrogens (primary N) is 1. The van der Waals surface area contributed by atoms with Gasteiger partial charge in [0.05, 0.1) is 10.6 Å². The van der Waals surface area contributed by atoms with Gasteiger partial charge in [0.25, 0.3) is 0 Å². The molecule has 0 saturated heterocycles. The van der Waals surface area contributed by atoms with Crippen molar-refractivity contribution in [1.82, 2.24) is 9.97 Å². The van der Waals surface area contributed by atoms with Gasteiger partial charge in [-0.1, -0.05) is 18.2 Å². The van der Waals surface area contributed by atoms with Gasteiger partial charge in [0.15, 0.2) is 0 Å². The molecule has 1 aliphatic carbocycles. The molecule has 5 rings (SSSR count). The van der Waals surface area contributed by atoms with Gasteiger partial charge in [0.2, 0.25) is 16.0 Å². The van der Waals surface area contributed by atoms with Gasteiger partial charge in [-0.15, -0.1) is 11.3 Å². The molecule has 31 heavy (non-hydrogen) atoms. The molecule has 7 nitrogen and oxygen atoms in total. The zero-order chi connectivity index (χ0) is 21.6. The van der Waals surface area contributed by atoms with Crippen LogP contribution in [0.15, 0.2) is 65.7 Å². The summed E-state index contributed by atoms with van der Waals surface area (Å²) in [6.07, 6.45) is 3.57. The number of sulfonamides is 1. The number of rotatable bonds is 4. The minimum Gasteiger partial charge on any atom is -0.508 e. The molecule has 2 heterocycles. The number of nitrogens with zero attached hydrogens (tertiary/aromatic N) is 2. The Hall–Kier alpha value is -3.27. The van der Waals surface area contributed by atoms with Gasteiger partial charge in [-0.25, -0.2) is 23.5 Å². The quantitative estimate of drug-likeness (QED) is 0.431. The number of hydrogen-bond donors (Lipinski definition) is 3. The number of phenols is 1. The topological polar surface area (TPSA) is 118 Å². The summed E-state index contributed by atoms with van der Waals surface area (Å²) in [5.41, 5.74) is 4.50. The minimum atomic E-state index is -3.80. The maximum absolute atomic E-state index is 11.6. The van der Waals surface area contributed by atoms with E-state index in [2.05, 4.69) is 16.4 Å². The average molecular weight is 451 g/mol. The van der Waals surface area contributed by atoms with E-state index in [1.54, 1.807) is 35.6 Å². The molecule has 0 atom stereocenters. The number of phenolic OH excluding ortho intramolecular Hbond substituents is 1. The molecule has 0 radical (unpaired) electrons. The summed E-state index contributed by atoms with van der Waals surface area (Å²) in [5, 5.41) is 18.1. The predicted octanol–water partition coefficient (Wildman–Crippen LogP) is 4.07. The first-order chi connectivity index (χ1) is 14.9. The normalized spacial score (nSPS) is 12.8. The summed E-state index contributed by atoms with van der Waals surface area (Å²) < 4.78 is 23.2. The summed E-state index contributed by atoms with van der Waals surface area (Å²) in [4.78, 5) is 11.5. The Labute approximate surface area is 183 Å². The van der Waals surface area contributed by atoms with Crippen LogP contribution in [0.4, 0.5) is 11.6 Å². The maximum atomic E-state index is 11.6. The molecule has 9 heteroatoms. The number of thiophene rings is 1. The number of nitrogens with one attached hydrogen (secondary N) is 1. The van der Waals surface area contributed by atoms with E-state index < -0.39 is 10.0 Å². The molecule has 4 N–H and O–H groups in total. The summed E-state index contributed by atoms with van der Waals surface area (Å²) in [5.74, 6) is 0.614. The van der Waals surface area contributed by atoms with Crippen molar-refractivity contribution in [1.29, 1.82) is 0 Å². The lowest BCUT2D eigenvalue weighted by molar-refractivity contribution is 0.475. The number of primary sulfonamides is 1. The molecule has 0 spiro atoms. The van der Waals surface area contributed by atoms with Crippen molar-refractivity contribution >= 4 is 33.0 Å². The first-order valence-corrected chi connectivity index (χ1v) is 11.9. The first-order valence-electron chi connectivity index (χ1n) is 9.55. The van der Waals surface area contributed by atoms with E-state index in [-0.39, 0.29) is 10.6 Å². The molecule has 1 aliphatic rings. The van der Waals surface area contributed by atoms with Crippen molar-refractivity contribution in [2.45, 2.75) is 17.7 Å². The fraction of sp³-hybridized carbons (Fsp3) is 0.0909. The molecule has 0 amide bonds. The molecule has 0 saturated carbocycles. The second kappa shape index (κ2) is 7.45. The van der Waals surface area contributed by atoms with E-state index in [0.717, 1.165) is 40.1 Å². The van der Waals surface area contributed by atoms with E-state index in [1.807, 2.05) is 18.3 Å². The molecule has 0 unspecified atom stereocenters. The third kappa shape index (κ3) is 3.90. The highest BCUT2D eigenvalue weighted by Crippen LogP contribution is 2.42. The fourth-order valence-corrected chi connectivity index (χ4v) is 5.34. The lowest BCUT2D eigenvalue weighted by Gasteiger charge is -2.16. The van der Waals surface area contributed by atoms with Crippen LogP contribution in [0.1, 0.15) is 10.4 Å². The van der Waals surface area contributed by atoms with Gasteiger partial charge >= 0.3 is 0 Å². The molecular formula is C22H18N4O3S2. The van der Waals surface area contributed by atoms with Crippen LogP contribution in [-0.4, -0.2) is 23.5 Å². The number of fused-ring (bicyclic) bond motifs is 3. The SMILES string of the molecule is NS(=O)(=O)c1cccc(Nc2ncc3c(n2)-c2cc(-c4cccc(O)c4)sc2CC3)c1. The number of hydrogen-bond acceptors (Lipinski definition) is 7. The van der Waals surface area contributed by atoms with E-state index in [1.165, 1.54) is 17.0 Å². The van der Waals surface area contributed by atoms with Crippen molar-refractivity contribution in [2.24, 2.45) is 5.14 Å². The summed E-state index contributed by atoms with van der Waals surface area (Å²) in [6, 6.07) is 15.5. The number of aromatic nitrogens is 2. The molecule has 4 aromatic rings. The Morgan fingerprint density at radius 3 is 2.71 bits per heavy atom. The number of aryl methyl sites for hydroxylation is 2. The minimum absolute atomic E-state index is 0.0198. The highest BCUT2D eigenvalue weighted by Gasteiger charge is 2.22. The zero-order valence-corrected chi connectivity index (χ0v) is 17.9. The van der Waals surface area contributed by atoms with Crippen LogP contribution in [0.2, 0.25) is 0 Å². The lowest BCUT2D eigenvalue weighted by atomic mass is 9.96. The van der Waals surface area contributed by atoms with Crippen molar-refractivity contribution in [2.75, 3.05) is 5.32 Å². The summed E-state index contributed by atoms with van der Waals surface area (Å²) in [7, 11) is -3.80. The highest BCUT2D eigenvalue weighted by atomic mass is 32.2. The van der Waals surface area contributed by atoms with Gasteiger partial charge < -0.3 is 10.4 Å². The Morgan fingerprint density at radius 2 is 1.90 bits per heavy atom. The summed E-state index contributed by atoms with van der Waals surface area (Å²) in [6.45, 7) is 0. The van der Waals surface area contributed by atoms with E-state index in [0.29, 0.717) is 11.6 Å². The molecular weight excluding hydrogens is 432 g/mol. The highest BCUT2D eigenvalue weighted by molar-refractivity contribution is 7.89. The first kappa shape index (κ1) is 19.7. The van der Waals surface area contributed by atoms with Gasteiger partial charge in [0, 0.05) is 27.2 Å². The molecule has 2 aromatic heterocycles. The van der Waals surface area contributed by atoms with Crippen molar-refractivity contribution in [3.05, 3.63) is 71.2 Å². The van der Waals surface area contributed by atoms with Crippen LogP contribution in [0.25, 0.3) is 21.7 Å². The number of anilines is 2. The second-order valence-corrected chi connectivity index (χ2v) is 9.96. The summed E-state index contributed by atoms with van der Waals surface area (Å²) >= 11 is 1.70. The standard InChI is InChI=1S/C22H18N4O3S2/c23-31(28,29)17-6-2-4-15(10-17)25-22-24-12-14-7-8-19-18(21(14)26-22)11-20(30-19)13-3-1-5-16(27)9-13/h1-6,9-12,27H,7-8H2,(H2,23,28,29)(H,24,25,26). The maximum Gasteiger partial charge on any atom is 0.238 e. The Morgan fingerprint density at radius 1 is 1.06 bits per heavy atom. The van der Waals surface area contributed by atoms with Crippen LogP contribution in [0.3, 0.4) is 0 Å². The average Bonchev–Trinajstić information content (AvgIpc) is 3.18. The number of benzene rings is 2. The molecule has 2 aromatic carbocycles. The van der Waals surface area contributed by atoms with Crippen LogP contribution in [0, 0.1) is 0 Å². The van der Waals surface area contributed by atoms with E-state index in [4.69, 9.17) is 10.1 Å². The van der Waals surface area contributed by atoms with Gasteiger partial charge in [-0.05, 0) is 60.4 Å². The predicted molar refractivity (Wildman–Crippen MR) is 121 cm³/mol. The monoisotopic (exact) mass is 450 g/mol. The third-order valence-corrected chi connectivity index (χ3v) is 7.25. The van der Waals surface area contributed by atoms with Gasteiger partial charge in [-0.2, -0.15) is 0 Å². The Bertz CT molecular complexity index is 1410. The van der Waals surface area contributed by atoms with Crippen LogP contribution in [-0.2, 0) is 22.9 Å². The van der Waals surface area contributed by atoms with E-state index >= 15 is 0 Å². The van der Waals surface area contributed by atoms with Crippen LogP contribution < -0.4 is 10.5 Å². The fourth-order valence-electron chi connectivity index (χ4n) is 3.63. The Balaban J connectivity index is 1.50. The van der Waals surface area contributed by atoms with Crippen molar-refractivity contribution in [3.8, 4) is 27.4 Å². The Kier molecular flexibility index (Phi) is 4.73.